The van der Waals surface area contributed by atoms with Crippen LogP contribution in [0.5, 0.6) is 17.2 Å². The normalized spacial score (nSPS) is 13.9. The molecule has 0 saturated carbocycles. The molecule has 0 saturated heterocycles. The van der Waals surface area contributed by atoms with Crippen LogP contribution in [0.25, 0.3) is 0 Å². The zero-order valence-corrected chi connectivity index (χ0v) is 12.4. The summed E-state index contributed by atoms with van der Waals surface area (Å²) in [5.41, 5.74) is 6.84. The lowest BCUT2D eigenvalue weighted by Crippen LogP contribution is -2.18. The fourth-order valence-electron chi connectivity index (χ4n) is 2.11. The van der Waals surface area contributed by atoms with Gasteiger partial charge in [-0.25, -0.2) is 0 Å². The Kier molecular flexibility index (Phi) is 5.27. The van der Waals surface area contributed by atoms with Crippen molar-refractivity contribution in [3.63, 3.8) is 0 Å². The average Bonchev–Trinajstić information content (AvgIpc) is 2.89. The number of nitrogens with two attached hydrogens (primary N) is 1. The van der Waals surface area contributed by atoms with Gasteiger partial charge in [0.05, 0.1) is 13.7 Å². The Morgan fingerprint density at radius 1 is 1.38 bits per heavy atom. The minimum Gasteiger partial charge on any atom is -0.493 e. The van der Waals surface area contributed by atoms with E-state index in [1.807, 2.05) is 19.1 Å². The van der Waals surface area contributed by atoms with Crippen LogP contribution < -0.4 is 19.9 Å². The van der Waals surface area contributed by atoms with Crippen molar-refractivity contribution in [2.75, 3.05) is 20.5 Å². The largest absolute Gasteiger partial charge is 0.493 e. The Hall–Kier alpha value is -1.95. The molecule has 1 aliphatic heterocycles. The van der Waals surface area contributed by atoms with Crippen molar-refractivity contribution >= 4 is 5.97 Å². The van der Waals surface area contributed by atoms with Gasteiger partial charge in [-0.15, -0.1) is 0 Å². The minimum absolute atomic E-state index is 0.0165. The average molecular weight is 295 g/mol. The quantitative estimate of drug-likeness (QED) is 0.608. The number of rotatable bonds is 7. The standard InChI is InChI=1S/C15H21NO5/c1-10(16)6-11-7-13-14(21-9-20-13)8-12(11)19-5-3-4-15(17)18-2/h7-8,10H,3-6,9,16H2,1-2H3. The summed E-state index contributed by atoms with van der Waals surface area (Å²) >= 11 is 0. The number of carbonyl (C=O) groups is 1. The van der Waals surface area contributed by atoms with Crippen LogP contribution in [-0.4, -0.2) is 32.5 Å². The van der Waals surface area contributed by atoms with Crippen molar-refractivity contribution < 1.29 is 23.7 Å². The Labute approximate surface area is 124 Å². The highest BCUT2D eigenvalue weighted by Gasteiger charge is 2.18. The van der Waals surface area contributed by atoms with Crippen LogP contribution in [0.4, 0.5) is 0 Å². The van der Waals surface area contributed by atoms with E-state index in [-0.39, 0.29) is 18.8 Å². The zero-order valence-electron chi connectivity index (χ0n) is 12.4. The number of methoxy groups -OCH3 is 1. The summed E-state index contributed by atoms with van der Waals surface area (Å²) in [6, 6.07) is 3.74. The Bertz CT molecular complexity index is 501. The van der Waals surface area contributed by atoms with Gasteiger partial charge in [0.1, 0.15) is 5.75 Å². The van der Waals surface area contributed by atoms with Crippen molar-refractivity contribution in [1.82, 2.24) is 0 Å². The van der Waals surface area contributed by atoms with Gasteiger partial charge in [-0.05, 0) is 31.4 Å². The Morgan fingerprint density at radius 2 is 2.10 bits per heavy atom. The predicted octanol–water partition coefficient (Wildman–Crippen LogP) is 1.64. The molecule has 0 aromatic heterocycles. The molecular weight excluding hydrogens is 274 g/mol. The van der Waals surface area contributed by atoms with Crippen LogP contribution >= 0.6 is 0 Å². The summed E-state index contributed by atoms with van der Waals surface area (Å²) < 4.78 is 21.1. The van der Waals surface area contributed by atoms with Gasteiger partial charge in [-0.2, -0.15) is 0 Å². The van der Waals surface area contributed by atoms with E-state index in [4.69, 9.17) is 19.9 Å². The third-order valence-electron chi connectivity index (χ3n) is 3.11. The number of hydrogen-bond donors (Lipinski definition) is 1. The van der Waals surface area contributed by atoms with Crippen LogP contribution in [0.3, 0.4) is 0 Å². The second-order valence-electron chi connectivity index (χ2n) is 5.02. The van der Waals surface area contributed by atoms with E-state index in [0.717, 1.165) is 11.3 Å². The first-order valence-electron chi connectivity index (χ1n) is 6.98. The number of benzene rings is 1. The van der Waals surface area contributed by atoms with E-state index >= 15 is 0 Å². The molecule has 1 aromatic rings. The molecule has 0 bridgehead atoms. The maximum Gasteiger partial charge on any atom is 0.305 e. The number of fused-ring (bicyclic) bond motifs is 1. The predicted molar refractivity (Wildman–Crippen MR) is 76.7 cm³/mol. The third kappa shape index (κ3) is 4.26. The molecule has 0 fully saturated rings. The highest BCUT2D eigenvalue weighted by molar-refractivity contribution is 5.69. The molecule has 0 spiro atoms. The molecule has 0 aliphatic carbocycles. The topological polar surface area (TPSA) is 80.0 Å². The molecular formula is C15H21NO5. The molecule has 0 amide bonds. The van der Waals surface area contributed by atoms with Crippen LogP contribution in [-0.2, 0) is 16.0 Å². The molecule has 1 aromatic carbocycles. The number of ether oxygens (including phenoxy) is 4. The SMILES string of the molecule is COC(=O)CCCOc1cc2c(cc1CC(C)N)OCO2. The first kappa shape index (κ1) is 15.4. The minimum atomic E-state index is -0.236. The second-order valence-corrected chi connectivity index (χ2v) is 5.02. The molecule has 6 heteroatoms. The number of esters is 1. The molecule has 1 aliphatic rings. The summed E-state index contributed by atoms with van der Waals surface area (Å²) in [6.45, 7) is 2.59. The Morgan fingerprint density at radius 3 is 2.76 bits per heavy atom. The molecule has 6 nitrogen and oxygen atoms in total. The third-order valence-corrected chi connectivity index (χ3v) is 3.11. The summed E-state index contributed by atoms with van der Waals surface area (Å²) in [5, 5.41) is 0. The lowest BCUT2D eigenvalue weighted by atomic mass is 10.1. The summed E-state index contributed by atoms with van der Waals surface area (Å²) in [5.74, 6) is 1.88. The first-order valence-corrected chi connectivity index (χ1v) is 6.98. The van der Waals surface area contributed by atoms with Crippen LogP contribution in [0.1, 0.15) is 25.3 Å². The fraction of sp³-hybridized carbons (Fsp3) is 0.533. The maximum atomic E-state index is 11.1. The van der Waals surface area contributed by atoms with E-state index in [1.165, 1.54) is 7.11 Å². The summed E-state index contributed by atoms with van der Waals surface area (Å²) in [4.78, 5) is 11.1. The van der Waals surface area contributed by atoms with Gasteiger partial charge in [-0.3, -0.25) is 4.79 Å². The van der Waals surface area contributed by atoms with E-state index < -0.39 is 0 Å². The fourth-order valence-corrected chi connectivity index (χ4v) is 2.11. The van der Waals surface area contributed by atoms with Crippen LogP contribution in [0.15, 0.2) is 12.1 Å². The van der Waals surface area contributed by atoms with Crippen molar-refractivity contribution in [3.8, 4) is 17.2 Å². The molecule has 1 unspecified atom stereocenters. The number of hydrogen-bond acceptors (Lipinski definition) is 6. The molecule has 2 rings (SSSR count). The zero-order chi connectivity index (χ0) is 15.2. The van der Waals surface area contributed by atoms with Gasteiger partial charge >= 0.3 is 5.97 Å². The number of carbonyl (C=O) groups excluding carboxylic acids is 1. The van der Waals surface area contributed by atoms with Gasteiger partial charge < -0.3 is 24.7 Å². The van der Waals surface area contributed by atoms with E-state index in [9.17, 15) is 4.79 Å². The summed E-state index contributed by atoms with van der Waals surface area (Å²) in [6.07, 6.45) is 1.62. The summed E-state index contributed by atoms with van der Waals surface area (Å²) in [7, 11) is 1.38. The Balaban J connectivity index is 2.01. The molecule has 1 atom stereocenters. The maximum absolute atomic E-state index is 11.1. The monoisotopic (exact) mass is 295 g/mol. The van der Waals surface area contributed by atoms with Gasteiger partial charge in [0.25, 0.3) is 0 Å². The van der Waals surface area contributed by atoms with E-state index in [2.05, 4.69) is 4.74 Å². The first-order chi connectivity index (χ1) is 10.1. The van der Waals surface area contributed by atoms with E-state index in [1.54, 1.807) is 0 Å². The smallest absolute Gasteiger partial charge is 0.305 e. The van der Waals surface area contributed by atoms with Crippen molar-refractivity contribution in [1.29, 1.82) is 0 Å². The molecule has 0 radical (unpaired) electrons. The van der Waals surface area contributed by atoms with Gasteiger partial charge in [0.2, 0.25) is 6.79 Å². The highest BCUT2D eigenvalue weighted by Crippen LogP contribution is 2.38. The highest BCUT2D eigenvalue weighted by atomic mass is 16.7. The lowest BCUT2D eigenvalue weighted by molar-refractivity contribution is -0.140. The molecule has 21 heavy (non-hydrogen) atoms. The molecule has 116 valence electrons. The molecule has 1 heterocycles. The molecule has 2 N–H and O–H groups in total. The van der Waals surface area contributed by atoms with E-state index in [0.29, 0.717) is 37.4 Å². The van der Waals surface area contributed by atoms with Crippen LogP contribution in [0.2, 0.25) is 0 Å². The van der Waals surface area contributed by atoms with Crippen molar-refractivity contribution in [2.45, 2.75) is 32.2 Å². The van der Waals surface area contributed by atoms with Gasteiger partial charge in [-0.1, -0.05) is 0 Å². The second kappa shape index (κ2) is 7.17. The van der Waals surface area contributed by atoms with Crippen LogP contribution in [0, 0.1) is 0 Å². The lowest BCUT2D eigenvalue weighted by Gasteiger charge is -2.14. The van der Waals surface area contributed by atoms with Gasteiger partial charge in [0, 0.05) is 18.5 Å². The van der Waals surface area contributed by atoms with Crippen molar-refractivity contribution in [2.24, 2.45) is 5.73 Å². The van der Waals surface area contributed by atoms with Gasteiger partial charge in [0.15, 0.2) is 11.5 Å². The van der Waals surface area contributed by atoms with Crippen molar-refractivity contribution in [3.05, 3.63) is 17.7 Å².